The van der Waals surface area contributed by atoms with Gasteiger partial charge in [0.15, 0.2) is 5.82 Å². The number of nitrogen functional groups attached to an aromatic ring is 1. The average Bonchev–Trinajstić information content (AvgIpc) is 3.17. The van der Waals surface area contributed by atoms with Crippen molar-refractivity contribution in [1.82, 2.24) is 14.5 Å². The number of halogens is 1. The fourth-order valence-electron chi connectivity index (χ4n) is 4.63. The number of carbonyl (C=O) groups is 2. The first-order chi connectivity index (χ1) is 17.5. The minimum Gasteiger partial charge on any atom is -0.444 e. The smallest absolute Gasteiger partial charge is 0.410 e. The Morgan fingerprint density at radius 1 is 1.16 bits per heavy atom. The number of benzene rings is 2. The van der Waals surface area contributed by atoms with Gasteiger partial charge < -0.3 is 25.3 Å². The Morgan fingerprint density at radius 3 is 2.57 bits per heavy atom. The minimum absolute atomic E-state index is 0.297. The Kier molecular flexibility index (Phi) is 7.50. The summed E-state index contributed by atoms with van der Waals surface area (Å²) in [6.07, 6.45) is 1.85. The molecule has 0 saturated heterocycles. The number of ether oxygens (including phenoxy) is 1. The third kappa shape index (κ3) is 5.59. The lowest BCUT2D eigenvalue weighted by molar-refractivity contribution is 0.0220. The van der Waals surface area contributed by atoms with Crippen LogP contribution in [0.2, 0.25) is 5.02 Å². The Labute approximate surface area is 222 Å². The van der Waals surface area contributed by atoms with Crippen molar-refractivity contribution in [1.29, 1.82) is 0 Å². The number of fused-ring (bicyclic) bond motifs is 1. The van der Waals surface area contributed by atoms with Crippen molar-refractivity contribution >= 4 is 35.0 Å². The molecule has 0 saturated carbocycles. The third-order valence-electron chi connectivity index (χ3n) is 6.35. The molecule has 0 bridgehead atoms. The topological polar surface area (TPSA) is 102 Å². The van der Waals surface area contributed by atoms with E-state index in [2.05, 4.69) is 17.2 Å². The zero-order valence-electron chi connectivity index (χ0n) is 22.0. The molecule has 0 radical (unpaired) electrons. The maximum absolute atomic E-state index is 13.4. The Balaban J connectivity index is 1.61. The number of rotatable bonds is 5. The van der Waals surface area contributed by atoms with Crippen LogP contribution in [0, 0.1) is 0 Å². The van der Waals surface area contributed by atoms with Crippen LogP contribution < -0.4 is 11.1 Å². The molecular weight excluding hydrogens is 490 g/mol. The zero-order valence-corrected chi connectivity index (χ0v) is 22.8. The predicted molar refractivity (Wildman–Crippen MR) is 147 cm³/mol. The van der Waals surface area contributed by atoms with Crippen molar-refractivity contribution in [3.63, 3.8) is 0 Å². The molecule has 2 heterocycles. The van der Waals surface area contributed by atoms with Crippen LogP contribution in [0.5, 0.6) is 0 Å². The van der Waals surface area contributed by atoms with Crippen molar-refractivity contribution in [3.05, 3.63) is 64.2 Å². The van der Waals surface area contributed by atoms with Crippen LogP contribution in [-0.2, 0) is 31.2 Å². The molecule has 37 heavy (non-hydrogen) atoms. The van der Waals surface area contributed by atoms with Crippen molar-refractivity contribution < 1.29 is 14.3 Å². The van der Waals surface area contributed by atoms with E-state index < -0.39 is 5.60 Å². The van der Waals surface area contributed by atoms with Crippen molar-refractivity contribution in [2.24, 2.45) is 7.05 Å². The molecule has 4 rings (SSSR count). The van der Waals surface area contributed by atoms with Crippen LogP contribution >= 0.6 is 11.6 Å². The van der Waals surface area contributed by atoms with E-state index in [0.29, 0.717) is 47.4 Å². The van der Waals surface area contributed by atoms with E-state index in [1.807, 2.05) is 62.7 Å². The molecule has 3 aromatic rings. The normalized spacial score (nSPS) is 13.3. The van der Waals surface area contributed by atoms with Gasteiger partial charge in [-0.2, -0.15) is 0 Å². The fourth-order valence-corrected chi connectivity index (χ4v) is 4.85. The summed E-state index contributed by atoms with van der Waals surface area (Å²) < 4.78 is 7.33. The summed E-state index contributed by atoms with van der Waals surface area (Å²) in [6.45, 7) is 8.42. The monoisotopic (exact) mass is 523 g/mol. The van der Waals surface area contributed by atoms with Gasteiger partial charge in [-0.1, -0.05) is 49.2 Å². The number of anilines is 2. The summed E-state index contributed by atoms with van der Waals surface area (Å²) in [7, 11) is 1.83. The standard InChI is InChI=1S/C28H34ClN5O3/c1-6-9-18-17(19-11-7-12-20(30)24(19)29)10-8-13-21(18)32-26(35)25-31-22-16-34(15-14-23(22)33(25)5)27(36)37-28(2,3)4/h7-8,10-13H,6,9,14-16,30H2,1-5H3,(H,32,35). The molecule has 0 unspecified atom stereocenters. The quantitative estimate of drug-likeness (QED) is 0.410. The third-order valence-corrected chi connectivity index (χ3v) is 6.78. The van der Waals surface area contributed by atoms with Gasteiger partial charge in [-0.25, -0.2) is 9.78 Å². The summed E-state index contributed by atoms with van der Waals surface area (Å²) in [5, 5.41) is 3.56. The van der Waals surface area contributed by atoms with Gasteiger partial charge in [0.05, 0.1) is 22.9 Å². The average molecular weight is 524 g/mol. The summed E-state index contributed by atoms with van der Waals surface area (Å²) in [5.41, 5.74) is 11.1. The highest BCUT2D eigenvalue weighted by molar-refractivity contribution is 6.35. The van der Waals surface area contributed by atoms with E-state index in [-0.39, 0.29) is 12.0 Å². The number of carbonyl (C=O) groups excluding carboxylic acids is 2. The molecular formula is C28H34ClN5O3. The van der Waals surface area contributed by atoms with E-state index in [4.69, 9.17) is 22.1 Å². The first-order valence-corrected chi connectivity index (χ1v) is 12.9. The van der Waals surface area contributed by atoms with Gasteiger partial charge in [0.2, 0.25) is 0 Å². The molecule has 2 amide bonds. The molecule has 0 spiro atoms. The Hall–Kier alpha value is -3.52. The number of hydrogen-bond donors (Lipinski definition) is 2. The number of hydrogen-bond acceptors (Lipinski definition) is 5. The van der Waals surface area contributed by atoms with Crippen molar-refractivity contribution in [2.45, 2.75) is 59.1 Å². The second kappa shape index (κ2) is 10.5. The summed E-state index contributed by atoms with van der Waals surface area (Å²) >= 11 is 6.54. The molecule has 196 valence electrons. The van der Waals surface area contributed by atoms with Gasteiger partial charge in [0.25, 0.3) is 5.91 Å². The van der Waals surface area contributed by atoms with Crippen LogP contribution in [0.4, 0.5) is 16.2 Å². The highest BCUT2D eigenvalue weighted by Gasteiger charge is 2.30. The summed E-state index contributed by atoms with van der Waals surface area (Å²) in [5.74, 6) is -0.0141. The zero-order chi connectivity index (χ0) is 26.9. The van der Waals surface area contributed by atoms with E-state index in [1.54, 1.807) is 11.0 Å². The second-order valence-corrected chi connectivity index (χ2v) is 10.7. The lowest BCUT2D eigenvalue weighted by atomic mass is 9.94. The Morgan fingerprint density at radius 2 is 1.86 bits per heavy atom. The van der Waals surface area contributed by atoms with Gasteiger partial charge >= 0.3 is 6.09 Å². The molecule has 3 N–H and O–H groups in total. The molecule has 8 nitrogen and oxygen atoms in total. The van der Waals surface area contributed by atoms with E-state index >= 15 is 0 Å². The SMILES string of the molecule is CCCc1c(NC(=O)c2nc3c(n2C)CCN(C(=O)OC(C)(C)C)C3)cccc1-c1cccc(N)c1Cl. The van der Waals surface area contributed by atoms with Crippen LogP contribution in [-0.4, -0.2) is 38.6 Å². The van der Waals surface area contributed by atoms with Crippen LogP contribution in [0.3, 0.4) is 0 Å². The van der Waals surface area contributed by atoms with E-state index in [1.165, 1.54) is 0 Å². The molecule has 9 heteroatoms. The van der Waals surface area contributed by atoms with E-state index in [0.717, 1.165) is 35.2 Å². The number of imidazole rings is 1. The van der Waals surface area contributed by atoms with Gasteiger partial charge in [-0.05, 0) is 50.5 Å². The van der Waals surface area contributed by atoms with Crippen LogP contribution in [0.25, 0.3) is 11.1 Å². The number of nitrogens with zero attached hydrogens (tertiary/aromatic N) is 3. The largest absolute Gasteiger partial charge is 0.444 e. The van der Waals surface area contributed by atoms with Gasteiger partial charge in [-0.3, -0.25) is 4.79 Å². The molecule has 0 fully saturated rings. The van der Waals surface area contributed by atoms with E-state index in [9.17, 15) is 9.59 Å². The highest BCUT2D eigenvalue weighted by Crippen LogP contribution is 2.37. The lowest BCUT2D eigenvalue weighted by Crippen LogP contribution is -2.40. The molecule has 1 aromatic heterocycles. The van der Waals surface area contributed by atoms with Crippen LogP contribution in [0.1, 0.15) is 61.7 Å². The fraction of sp³-hybridized carbons (Fsp3) is 0.393. The number of nitrogens with one attached hydrogen (secondary N) is 1. The molecule has 1 aliphatic heterocycles. The molecule has 1 aliphatic rings. The highest BCUT2D eigenvalue weighted by atomic mass is 35.5. The minimum atomic E-state index is -0.576. The summed E-state index contributed by atoms with van der Waals surface area (Å²) in [4.78, 5) is 32.2. The van der Waals surface area contributed by atoms with Gasteiger partial charge in [0.1, 0.15) is 5.60 Å². The molecule has 2 aromatic carbocycles. The Bertz CT molecular complexity index is 1340. The van der Waals surface area contributed by atoms with Crippen LogP contribution in [0.15, 0.2) is 36.4 Å². The predicted octanol–water partition coefficient (Wildman–Crippen LogP) is 5.82. The van der Waals surface area contributed by atoms with Crippen molar-refractivity contribution in [3.8, 4) is 11.1 Å². The first-order valence-electron chi connectivity index (χ1n) is 12.5. The molecule has 0 aliphatic carbocycles. The number of amides is 2. The lowest BCUT2D eigenvalue weighted by Gasteiger charge is -2.29. The maximum atomic E-state index is 13.4. The molecule has 0 atom stereocenters. The second-order valence-electron chi connectivity index (χ2n) is 10.3. The van der Waals surface area contributed by atoms with Gasteiger partial charge in [-0.15, -0.1) is 0 Å². The van der Waals surface area contributed by atoms with Crippen molar-refractivity contribution in [2.75, 3.05) is 17.6 Å². The first kappa shape index (κ1) is 26.5. The number of aromatic nitrogens is 2. The number of nitrogens with two attached hydrogens (primary N) is 1. The van der Waals surface area contributed by atoms with Gasteiger partial charge in [0, 0.05) is 37.0 Å². The maximum Gasteiger partial charge on any atom is 0.410 e. The summed E-state index contributed by atoms with van der Waals surface area (Å²) in [6, 6.07) is 11.3.